The predicted molar refractivity (Wildman–Crippen MR) is 121 cm³/mol. The molecule has 4 aromatic carbocycles. The van der Waals surface area contributed by atoms with Gasteiger partial charge in [-0.2, -0.15) is 0 Å². The van der Waals surface area contributed by atoms with Gasteiger partial charge in [0.2, 0.25) is 0 Å². The molecule has 0 fully saturated rings. The van der Waals surface area contributed by atoms with Gasteiger partial charge in [-0.15, -0.1) is 0 Å². The van der Waals surface area contributed by atoms with E-state index < -0.39 is 0 Å². The second-order valence-corrected chi connectivity index (χ2v) is 7.99. The molecule has 0 saturated heterocycles. The van der Waals surface area contributed by atoms with Crippen molar-refractivity contribution in [3.63, 3.8) is 0 Å². The summed E-state index contributed by atoms with van der Waals surface area (Å²) in [5.41, 5.74) is 0. The third-order valence-electron chi connectivity index (χ3n) is 3.96. The van der Waals surface area contributed by atoms with Crippen LogP contribution in [0.4, 0.5) is 0 Å². The Kier molecular flexibility index (Phi) is 6.17. The molecule has 0 aliphatic carbocycles. The number of rotatable bonds is 6. The van der Waals surface area contributed by atoms with E-state index in [4.69, 9.17) is 14.2 Å². The van der Waals surface area contributed by atoms with Crippen molar-refractivity contribution < 1.29 is 14.2 Å². The molecular formula is C24H16Br2O3. The van der Waals surface area contributed by atoms with Gasteiger partial charge in [-0.05, 0) is 84.9 Å². The van der Waals surface area contributed by atoms with Crippen LogP contribution in [0.3, 0.4) is 0 Å². The molecule has 0 spiro atoms. The monoisotopic (exact) mass is 510 g/mol. The van der Waals surface area contributed by atoms with Crippen LogP contribution >= 0.6 is 31.9 Å². The lowest BCUT2D eigenvalue weighted by molar-refractivity contribution is 0.456. The number of hydrogen-bond donors (Lipinski definition) is 0. The van der Waals surface area contributed by atoms with Gasteiger partial charge in [-0.3, -0.25) is 0 Å². The molecule has 29 heavy (non-hydrogen) atoms. The standard InChI is InChI=1S/C24H16Br2O3/c25-17-4-8-19(9-5-17)27-21-12-14-22(15-13-21)29-24-3-1-2-23(16-24)28-20-10-6-18(26)7-11-20/h1-16H. The highest BCUT2D eigenvalue weighted by molar-refractivity contribution is 9.10. The van der Waals surface area contributed by atoms with Crippen molar-refractivity contribution in [3.8, 4) is 34.5 Å². The van der Waals surface area contributed by atoms with Crippen molar-refractivity contribution in [2.24, 2.45) is 0 Å². The van der Waals surface area contributed by atoms with Gasteiger partial charge >= 0.3 is 0 Å². The summed E-state index contributed by atoms with van der Waals surface area (Å²) < 4.78 is 19.7. The van der Waals surface area contributed by atoms with Gasteiger partial charge in [-0.25, -0.2) is 0 Å². The van der Waals surface area contributed by atoms with Gasteiger partial charge in [0.05, 0.1) is 0 Å². The maximum atomic E-state index is 5.95. The molecule has 144 valence electrons. The van der Waals surface area contributed by atoms with E-state index in [1.165, 1.54) is 0 Å². The Bertz CT molecular complexity index is 1080. The topological polar surface area (TPSA) is 27.7 Å². The Morgan fingerprint density at radius 2 is 0.690 bits per heavy atom. The van der Waals surface area contributed by atoms with E-state index in [9.17, 15) is 0 Å². The highest BCUT2D eigenvalue weighted by Gasteiger charge is 2.03. The number of benzene rings is 4. The Labute approximate surface area is 186 Å². The molecule has 0 aliphatic heterocycles. The first-order chi connectivity index (χ1) is 14.1. The van der Waals surface area contributed by atoms with Gasteiger partial charge < -0.3 is 14.2 Å². The van der Waals surface area contributed by atoms with Gasteiger partial charge in [0.15, 0.2) is 0 Å². The van der Waals surface area contributed by atoms with Crippen LogP contribution in [0.5, 0.6) is 34.5 Å². The Balaban J connectivity index is 1.41. The Hall–Kier alpha value is -2.76. The number of halogens is 2. The lowest BCUT2D eigenvalue weighted by Crippen LogP contribution is -1.88. The molecule has 4 aromatic rings. The van der Waals surface area contributed by atoms with Crippen LogP contribution in [0.1, 0.15) is 0 Å². The van der Waals surface area contributed by atoms with Gasteiger partial charge in [0.25, 0.3) is 0 Å². The third-order valence-corrected chi connectivity index (χ3v) is 5.02. The first-order valence-corrected chi connectivity index (χ1v) is 10.5. The van der Waals surface area contributed by atoms with Crippen LogP contribution in [-0.4, -0.2) is 0 Å². The molecule has 0 radical (unpaired) electrons. The molecule has 3 nitrogen and oxygen atoms in total. The van der Waals surface area contributed by atoms with Crippen LogP contribution in [-0.2, 0) is 0 Å². The van der Waals surface area contributed by atoms with E-state index in [0.717, 1.165) is 26.2 Å². The molecule has 0 amide bonds. The molecule has 0 saturated carbocycles. The Morgan fingerprint density at radius 3 is 1.07 bits per heavy atom. The maximum Gasteiger partial charge on any atom is 0.131 e. The normalized spacial score (nSPS) is 10.4. The molecule has 0 unspecified atom stereocenters. The quantitative estimate of drug-likeness (QED) is 0.259. The van der Waals surface area contributed by atoms with Crippen molar-refractivity contribution in [1.29, 1.82) is 0 Å². The SMILES string of the molecule is Brc1ccc(Oc2ccc(Oc3cccc(Oc4ccc(Br)cc4)c3)cc2)cc1. The van der Waals surface area contributed by atoms with Crippen molar-refractivity contribution in [1.82, 2.24) is 0 Å². The van der Waals surface area contributed by atoms with Gasteiger partial charge in [0, 0.05) is 15.0 Å². The lowest BCUT2D eigenvalue weighted by Gasteiger charge is -2.10. The zero-order chi connectivity index (χ0) is 20.1. The molecule has 0 heterocycles. The van der Waals surface area contributed by atoms with E-state index in [1.54, 1.807) is 0 Å². The molecule has 0 aromatic heterocycles. The summed E-state index contributed by atoms with van der Waals surface area (Å²) in [6.45, 7) is 0. The highest BCUT2D eigenvalue weighted by Crippen LogP contribution is 2.30. The fraction of sp³-hybridized carbons (Fsp3) is 0. The highest BCUT2D eigenvalue weighted by atomic mass is 79.9. The number of ether oxygens (including phenoxy) is 3. The molecule has 0 bridgehead atoms. The Morgan fingerprint density at radius 1 is 0.379 bits per heavy atom. The summed E-state index contributed by atoms with van der Waals surface area (Å²) in [4.78, 5) is 0. The molecule has 0 atom stereocenters. The van der Waals surface area contributed by atoms with Crippen LogP contribution in [0, 0.1) is 0 Å². The smallest absolute Gasteiger partial charge is 0.131 e. The zero-order valence-electron chi connectivity index (χ0n) is 15.2. The second kappa shape index (κ2) is 9.16. The molecule has 4 rings (SSSR count). The number of hydrogen-bond acceptors (Lipinski definition) is 3. The second-order valence-electron chi connectivity index (χ2n) is 6.16. The van der Waals surface area contributed by atoms with E-state index in [-0.39, 0.29) is 0 Å². The first-order valence-electron chi connectivity index (χ1n) is 8.89. The largest absolute Gasteiger partial charge is 0.457 e. The average Bonchev–Trinajstić information content (AvgIpc) is 2.73. The van der Waals surface area contributed by atoms with Crippen LogP contribution < -0.4 is 14.2 Å². The lowest BCUT2D eigenvalue weighted by atomic mass is 10.3. The van der Waals surface area contributed by atoms with Crippen LogP contribution in [0.15, 0.2) is 106 Å². The van der Waals surface area contributed by atoms with Gasteiger partial charge in [-0.1, -0.05) is 37.9 Å². The summed E-state index contributed by atoms with van der Waals surface area (Å²) in [5.74, 6) is 4.40. The summed E-state index contributed by atoms with van der Waals surface area (Å²) in [6.07, 6.45) is 0. The minimum atomic E-state index is 0.696. The summed E-state index contributed by atoms with van der Waals surface area (Å²) in [6, 6.07) is 30.4. The van der Waals surface area contributed by atoms with Gasteiger partial charge in [0.1, 0.15) is 34.5 Å². The fourth-order valence-corrected chi connectivity index (χ4v) is 3.12. The molecular weight excluding hydrogens is 496 g/mol. The molecule has 0 aliphatic rings. The summed E-state index contributed by atoms with van der Waals surface area (Å²) >= 11 is 6.83. The fourth-order valence-electron chi connectivity index (χ4n) is 2.59. The summed E-state index contributed by atoms with van der Waals surface area (Å²) in [5, 5.41) is 0. The van der Waals surface area contributed by atoms with Crippen LogP contribution in [0.2, 0.25) is 0 Å². The summed E-state index contributed by atoms with van der Waals surface area (Å²) in [7, 11) is 0. The van der Waals surface area contributed by atoms with E-state index in [0.29, 0.717) is 17.2 Å². The van der Waals surface area contributed by atoms with Crippen molar-refractivity contribution in [3.05, 3.63) is 106 Å². The molecule has 5 heteroatoms. The average molecular weight is 512 g/mol. The third kappa shape index (κ3) is 5.62. The predicted octanol–water partition coefficient (Wildman–Crippen LogP) is 8.59. The van der Waals surface area contributed by atoms with Crippen molar-refractivity contribution >= 4 is 31.9 Å². The van der Waals surface area contributed by atoms with Crippen LogP contribution in [0.25, 0.3) is 0 Å². The maximum absolute atomic E-state index is 5.95. The minimum absolute atomic E-state index is 0.696. The van der Waals surface area contributed by atoms with Crippen molar-refractivity contribution in [2.75, 3.05) is 0 Å². The minimum Gasteiger partial charge on any atom is -0.457 e. The van der Waals surface area contributed by atoms with Crippen molar-refractivity contribution in [2.45, 2.75) is 0 Å². The van der Waals surface area contributed by atoms with E-state index in [2.05, 4.69) is 31.9 Å². The van der Waals surface area contributed by atoms with E-state index in [1.807, 2.05) is 97.1 Å². The zero-order valence-corrected chi connectivity index (χ0v) is 18.4. The molecule has 0 N–H and O–H groups in total. The first kappa shape index (κ1) is 19.6. The van der Waals surface area contributed by atoms with E-state index >= 15 is 0 Å².